The fourth-order valence-corrected chi connectivity index (χ4v) is 2.87. The molecule has 0 radical (unpaired) electrons. The van der Waals surface area contributed by atoms with Crippen molar-refractivity contribution >= 4 is 0 Å². The summed E-state index contributed by atoms with van der Waals surface area (Å²) in [7, 11) is 0. The van der Waals surface area contributed by atoms with E-state index in [-0.39, 0.29) is 0 Å². The van der Waals surface area contributed by atoms with Crippen molar-refractivity contribution in [1.29, 1.82) is 0 Å². The van der Waals surface area contributed by atoms with Crippen LogP contribution in [0.25, 0.3) is 11.3 Å². The van der Waals surface area contributed by atoms with Crippen molar-refractivity contribution in [3.8, 4) is 11.3 Å². The molecule has 1 aromatic heterocycles. The van der Waals surface area contributed by atoms with E-state index in [4.69, 9.17) is 4.42 Å². The van der Waals surface area contributed by atoms with Crippen LogP contribution in [0.1, 0.15) is 25.5 Å². The van der Waals surface area contributed by atoms with Gasteiger partial charge in [-0.2, -0.15) is 0 Å². The summed E-state index contributed by atoms with van der Waals surface area (Å²) >= 11 is 0. The molecule has 1 atom stereocenters. The second kappa shape index (κ2) is 5.62. The highest BCUT2D eigenvalue weighted by Gasteiger charge is 2.17. The van der Waals surface area contributed by atoms with Gasteiger partial charge in [0.05, 0.1) is 6.54 Å². The first-order valence-corrected chi connectivity index (χ1v) is 7.18. The first kappa shape index (κ1) is 12.5. The zero-order chi connectivity index (χ0) is 13.1. The van der Waals surface area contributed by atoms with E-state index in [0.29, 0.717) is 0 Å². The quantitative estimate of drug-likeness (QED) is 0.818. The second-order valence-electron chi connectivity index (χ2n) is 5.61. The summed E-state index contributed by atoms with van der Waals surface area (Å²) in [5.74, 6) is 2.87. The Hall–Kier alpha value is -1.54. The molecular formula is C17H21NO. The van der Waals surface area contributed by atoms with E-state index in [0.717, 1.165) is 29.5 Å². The summed E-state index contributed by atoms with van der Waals surface area (Å²) in [6.45, 7) is 5.67. The van der Waals surface area contributed by atoms with Gasteiger partial charge in [-0.1, -0.05) is 37.3 Å². The summed E-state index contributed by atoms with van der Waals surface area (Å²) in [4.78, 5) is 2.50. The van der Waals surface area contributed by atoms with Gasteiger partial charge in [-0.15, -0.1) is 0 Å². The number of hydrogen-bond donors (Lipinski definition) is 0. The molecule has 0 bridgehead atoms. The van der Waals surface area contributed by atoms with Crippen molar-refractivity contribution in [3.05, 3.63) is 48.2 Å². The molecule has 2 aromatic rings. The number of likely N-dealkylation sites (tertiary alicyclic amines) is 1. The van der Waals surface area contributed by atoms with Crippen LogP contribution >= 0.6 is 0 Å². The average molecular weight is 255 g/mol. The second-order valence-corrected chi connectivity index (χ2v) is 5.61. The van der Waals surface area contributed by atoms with Crippen LogP contribution in [0.5, 0.6) is 0 Å². The van der Waals surface area contributed by atoms with Crippen molar-refractivity contribution in [2.45, 2.75) is 26.3 Å². The van der Waals surface area contributed by atoms with E-state index in [1.165, 1.54) is 25.9 Å². The predicted molar refractivity (Wildman–Crippen MR) is 77.8 cm³/mol. The van der Waals surface area contributed by atoms with Crippen LogP contribution in [0.3, 0.4) is 0 Å². The monoisotopic (exact) mass is 255 g/mol. The molecule has 3 rings (SSSR count). The first-order valence-electron chi connectivity index (χ1n) is 7.18. The van der Waals surface area contributed by atoms with Crippen LogP contribution < -0.4 is 0 Å². The summed E-state index contributed by atoms with van der Waals surface area (Å²) < 4.78 is 5.97. The predicted octanol–water partition coefficient (Wildman–Crippen LogP) is 4.18. The molecule has 0 amide bonds. The zero-order valence-corrected chi connectivity index (χ0v) is 11.5. The summed E-state index contributed by atoms with van der Waals surface area (Å²) in [6, 6.07) is 14.5. The fraction of sp³-hybridized carbons (Fsp3) is 0.412. The number of nitrogens with zero attached hydrogens (tertiary/aromatic N) is 1. The van der Waals surface area contributed by atoms with Gasteiger partial charge in [0.1, 0.15) is 11.5 Å². The lowest BCUT2D eigenvalue weighted by molar-refractivity contribution is 0.166. The largest absolute Gasteiger partial charge is 0.460 e. The first-order chi connectivity index (χ1) is 9.31. The highest BCUT2D eigenvalue weighted by Crippen LogP contribution is 2.24. The Balaban J connectivity index is 1.68. The maximum atomic E-state index is 5.97. The van der Waals surface area contributed by atoms with Crippen LogP contribution in [0.4, 0.5) is 0 Å². The van der Waals surface area contributed by atoms with E-state index >= 15 is 0 Å². The molecule has 1 aliphatic heterocycles. The lowest BCUT2D eigenvalue weighted by Gasteiger charge is -2.29. The molecule has 1 saturated heterocycles. The van der Waals surface area contributed by atoms with Crippen molar-refractivity contribution in [1.82, 2.24) is 4.90 Å². The molecule has 2 heterocycles. The number of rotatable bonds is 3. The molecule has 0 unspecified atom stereocenters. The van der Waals surface area contributed by atoms with Crippen molar-refractivity contribution in [2.24, 2.45) is 5.92 Å². The van der Waals surface area contributed by atoms with E-state index in [9.17, 15) is 0 Å². The molecule has 0 spiro atoms. The molecule has 2 nitrogen and oxygen atoms in total. The number of piperidine rings is 1. The van der Waals surface area contributed by atoms with E-state index in [2.05, 4.69) is 36.1 Å². The van der Waals surface area contributed by atoms with Gasteiger partial charge in [0.15, 0.2) is 0 Å². The van der Waals surface area contributed by atoms with Crippen LogP contribution in [0.15, 0.2) is 46.9 Å². The minimum absolute atomic E-state index is 0.817. The molecule has 100 valence electrons. The third kappa shape index (κ3) is 3.07. The summed E-state index contributed by atoms with van der Waals surface area (Å²) in [5, 5.41) is 0. The van der Waals surface area contributed by atoms with Gasteiger partial charge in [-0.25, -0.2) is 0 Å². The van der Waals surface area contributed by atoms with Crippen LogP contribution in [0, 0.1) is 5.92 Å². The summed E-state index contributed by atoms with van der Waals surface area (Å²) in [5.41, 5.74) is 1.15. The third-order valence-electron chi connectivity index (χ3n) is 3.84. The SMILES string of the molecule is C[C@H]1CCCN(Cc2ccc(-c3ccccc3)o2)C1. The Morgan fingerprint density at radius 3 is 2.79 bits per heavy atom. The fourth-order valence-electron chi connectivity index (χ4n) is 2.87. The van der Waals surface area contributed by atoms with Crippen LogP contribution in [-0.4, -0.2) is 18.0 Å². The van der Waals surface area contributed by atoms with Gasteiger partial charge in [0.2, 0.25) is 0 Å². The standard InChI is InChI=1S/C17H21NO/c1-14-6-5-11-18(12-14)13-16-9-10-17(19-16)15-7-3-2-4-8-15/h2-4,7-10,14H,5-6,11-13H2,1H3/t14-/m0/s1. The molecule has 1 fully saturated rings. The van der Waals surface area contributed by atoms with Crippen molar-refractivity contribution in [3.63, 3.8) is 0 Å². The van der Waals surface area contributed by atoms with E-state index in [1.54, 1.807) is 0 Å². The van der Waals surface area contributed by atoms with Gasteiger partial charge in [0.25, 0.3) is 0 Å². The molecular weight excluding hydrogens is 234 g/mol. The smallest absolute Gasteiger partial charge is 0.134 e. The Bertz CT molecular complexity index is 517. The molecule has 1 aliphatic rings. The molecule has 1 aromatic carbocycles. The molecule has 19 heavy (non-hydrogen) atoms. The van der Waals surface area contributed by atoms with Crippen molar-refractivity contribution in [2.75, 3.05) is 13.1 Å². The average Bonchev–Trinajstić information content (AvgIpc) is 2.88. The molecule has 2 heteroatoms. The minimum Gasteiger partial charge on any atom is -0.460 e. The lowest BCUT2D eigenvalue weighted by atomic mass is 10.0. The summed E-state index contributed by atoms with van der Waals surface area (Å²) in [6.07, 6.45) is 2.68. The number of hydrogen-bond acceptors (Lipinski definition) is 2. The Morgan fingerprint density at radius 2 is 2.00 bits per heavy atom. The van der Waals surface area contributed by atoms with Crippen LogP contribution in [0.2, 0.25) is 0 Å². The topological polar surface area (TPSA) is 16.4 Å². The lowest BCUT2D eigenvalue weighted by Crippen LogP contribution is -2.33. The zero-order valence-electron chi connectivity index (χ0n) is 11.5. The van der Waals surface area contributed by atoms with Gasteiger partial charge in [0, 0.05) is 12.1 Å². The van der Waals surface area contributed by atoms with E-state index < -0.39 is 0 Å². The number of benzene rings is 1. The minimum atomic E-state index is 0.817. The normalized spacial score (nSPS) is 20.6. The van der Waals surface area contributed by atoms with Gasteiger partial charge in [-0.3, -0.25) is 4.90 Å². The van der Waals surface area contributed by atoms with Crippen molar-refractivity contribution < 1.29 is 4.42 Å². The van der Waals surface area contributed by atoms with Gasteiger partial charge >= 0.3 is 0 Å². The van der Waals surface area contributed by atoms with Gasteiger partial charge < -0.3 is 4.42 Å². The van der Waals surface area contributed by atoms with Crippen LogP contribution in [-0.2, 0) is 6.54 Å². The Kier molecular flexibility index (Phi) is 3.69. The Morgan fingerprint density at radius 1 is 1.16 bits per heavy atom. The number of furan rings is 1. The maximum absolute atomic E-state index is 5.97. The highest BCUT2D eigenvalue weighted by atomic mass is 16.3. The third-order valence-corrected chi connectivity index (χ3v) is 3.84. The Labute approximate surface area is 115 Å². The maximum Gasteiger partial charge on any atom is 0.134 e. The highest BCUT2D eigenvalue weighted by molar-refractivity contribution is 5.57. The molecule has 0 saturated carbocycles. The van der Waals surface area contributed by atoms with Gasteiger partial charge in [-0.05, 0) is 37.4 Å². The van der Waals surface area contributed by atoms with E-state index in [1.807, 2.05) is 18.2 Å². The molecule has 0 aliphatic carbocycles. The molecule has 0 N–H and O–H groups in total.